The van der Waals surface area contributed by atoms with Crippen LogP contribution < -0.4 is 15.8 Å². The van der Waals surface area contributed by atoms with E-state index in [-0.39, 0.29) is 17.3 Å². The predicted molar refractivity (Wildman–Crippen MR) is 170 cm³/mol. The van der Waals surface area contributed by atoms with Crippen LogP contribution in [0, 0.1) is 5.82 Å². The van der Waals surface area contributed by atoms with E-state index in [1.807, 2.05) is 31.2 Å². The van der Waals surface area contributed by atoms with E-state index in [1.54, 1.807) is 34.6 Å². The van der Waals surface area contributed by atoms with E-state index in [4.69, 9.17) is 11.6 Å². The van der Waals surface area contributed by atoms with Crippen molar-refractivity contribution in [2.24, 2.45) is 0 Å². The van der Waals surface area contributed by atoms with Gasteiger partial charge >= 0.3 is 0 Å². The molecule has 0 bridgehead atoms. The van der Waals surface area contributed by atoms with Gasteiger partial charge in [-0.05, 0) is 56.7 Å². The Morgan fingerprint density at radius 2 is 1.86 bits per heavy atom. The number of nitrogens with one attached hydrogen (secondary N) is 1. The van der Waals surface area contributed by atoms with Crippen LogP contribution in [0.2, 0.25) is 5.02 Å². The SMILES string of the molecule is CCn1c(=O)c(-c2ccc(-c3cncs3)cc2Cl)cc2cnc(Nc3ccc(N4CCN(C(C)C)CC4)c(F)c3)nc21. The van der Waals surface area contributed by atoms with Gasteiger partial charge in [0.2, 0.25) is 5.95 Å². The number of thiazole rings is 1. The first-order valence-corrected chi connectivity index (χ1v) is 15.2. The van der Waals surface area contributed by atoms with Crippen LogP contribution in [-0.4, -0.2) is 56.6 Å². The van der Waals surface area contributed by atoms with Gasteiger partial charge in [-0.1, -0.05) is 23.7 Å². The maximum Gasteiger partial charge on any atom is 0.260 e. The molecule has 8 nitrogen and oxygen atoms in total. The van der Waals surface area contributed by atoms with Gasteiger partial charge in [-0.2, -0.15) is 4.98 Å². The van der Waals surface area contributed by atoms with Crippen molar-refractivity contribution in [2.75, 3.05) is 36.4 Å². The smallest absolute Gasteiger partial charge is 0.260 e. The minimum absolute atomic E-state index is 0.199. The van der Waals surface area contributed by atoms with Gasteiger partial charge in [0.05, 0.1) is 16.1 Å². The summed E-state index contributed by atoms with van der Waals surface area (Å²) < 4.78 is 16.8. The van der Waals surface area contributed by atoms with Gasteiger partial charge in [-0.15, -0.1) is 11.3 Å². The van der Waals surface area contributed by atoms with Crippen LogP contribution in [0.1, 0.15) is 20.8 Å². The second kappa shape index (κ2) is 11.8. The number of rotatable bonds is 7. The van der Waals surface area contributed by atoms with E-state index in [1.165, 1.54) is 17.4 Å². The highest BCUT2D eigenvalue weighted by molar-refractivity contribution is 7.13. The minimum Gasteiger partial charge on any atom is -0.367 e. The molecule has 216 valence electrons. The lowest BCUT2D eigenvalue weighted by Gasteiger charge is -2.38. The highest BCUT2D eigenvalue weighted by Crippen LogP contribution is 2.33. The number of hydrogen-bond acceptors (Lipinski definition) is 8. The molecule has 1 fully saturated rings. The normalized spacial score (nSPS) is 14.2. The molecule has 0 unspecified atom stereocenters. The Morgan fingerprint density at radius 3 is 2.52 bits per heavy atom. The summed E-state index contributed by atoms with van der Waals surface area (Å²) in [4.78, 5) is 32.3. The third-order valence-electron chi connectivity index (χ3n) is 7.71. The molecule has 1 aliphatic heterocycles. The Kier molecular flexibility index (Phi) is 7.94. The van der Waals surface area contributed by atoms with Gasteiger partial charge < -0.3 is 10.2 Å². The molecule has 5 aromatic rings. The lowest BCUT2D eigenvalue weighted by Crippen LogP contribution is -2.49. The summed E-state index contributed by atoms with van der Waals surface area (Å²) >= 11 is 8.19. The molecule has 3 aromatic heterocycles. The minimum atomic E-state index is -0.299. The third kappa shape index (κ3) is 5.49. The molecule has 1 aliphatic rings. The molecule has 6 rings (SSSR count). The number of halogens is 2. The molecule has 1 N–H and O–H groups in total. The summed E-state index contributed by atoms with van der Waals surface area (Å²) in [5.74, 6) is -0.0198. The van der Waals surface area contributed by atoms with Crippen LogP contribution in [0.3, 0.4) is 0 Å². The first-order chi connectivity index (χ1) is 20.3. The Bertz CT molecular complexity index is 1800. The van der Waals surface area contributed by atoms with Gasteiger partial charge in [-0.25, -0.2) is 9.37 Å². The van der Waals surface area contributed by atoms with Gasteiger partial charge in [0, 0.05) is 78.4 Å². The molecule has 0 amide bonds. The average Bonchev–Trinajstić information content (AvgIpc) is 3.53. The van der Waals surface area contributed by atoms with Crippen LogP contribution in [0.15, 0.2) is 65.2 Å². The highest BCUT2D eigenvalue weighted by atomic mass is 35.5. The van der Waals surface area contributed by atoms with Crippen LogP contribution in [0.5, 0.6) is 0 Å². The molecule has 0 spiro atoms. The number of fused-ring (bicyclic) bond motifs is 1. The number of aromatic nitrogens is 4. The molecule has 0 saturated carbocycles. The summed E-state index contributed by atoms with van der Waals surface area (Å²) in [6.07, 6.45) is 3.45. The average molecular weight is 604 g/mol. The van der Waals surface area contributed by atoms with Crippen molar-refractivity contribution < 1.29 is 4.39 Å². The Morgan fingerprint density at radius 1 is 1.05 bits per heavy atom. The second-order valence-electron chi connectivity index (χ2n) is 10.5. The summed E-state index contributed by atoms with van der Waals surface area (Å²) in [6.45, 7) is 10.1. The van der Waals surface area contributed by atoms with Crippen LogP contribution >= 0.6 is 22.9 Å². The fourth-order valence-corrected chi connectivity index (χ4v) is 6.30. The number of benzene rings is 2. The molecule has 4 heterocycles. The Labute approximate surface area is 252 Å². The third-order valence-corrected chi connectivity index (χ3v) is 8.84. The topological polar surface area (TPSA) is 79.2 Å². The molecule has 11 heteroatoms. The summed E-state index contributed by atoms with van der Waals surface area (Å²) in [5.41, 5.74) is 5.24. The van der Waals surface area contributed by atoms with Crippen molar-refractivity contribution in [3.05, 3.63) is 81.6 Å². The van der Waals surface area contributed by atoms with Gasteiger partial charge in [0.15, 0.2) is 0 Å². The van der Waals surface area contributed by atoms with E-state index in [0.29, 0.717) is 51.1 Å². The quantitative estimate of drug-likeness (QED) is 0.223. The lowest BCUT2D eigenvalue weighted by atomic mass is 10.0. The molecule has 42 heavy (non-hydrogen) atoms. The van der Waals surface area contributed by atoms with Crippen molar-refractivity contribution in [3.63, 3.8) is 0 Å². The van der Waals surface area contributed by atoms with Crippen LogP contribution in [-0.2, 0) is 6.54 Å². The van der Waals surface area contributed by atoms with Crippen molar-refractivity contribution in [2.45, 2.75) is 33.4 Å². The molecular weight excluding hydrogens is 573 g/mol. The van der Waals surface area contributed by atoms with Crippen LogP contribution in [0.25, 0.3) is 32.6 Å². The van der Waals surface area contributed by atoms with Gasteiger partial charge in [-0.3, -0.25) is 19.2 Å². The summed E-state index contributed by atoms with van der Waals surface area (Å²) in [6, 6.07) is 13.0. The van der Waals surface area contributed by atoms with Crippen LogP contribution in [0.4, 0.5) is 21.7 Å². The molecule has 1 saturated heterocycles. The summed E-state index contributed by atoms with van der Waals surface area (Å²) in [5, 5.41) is 4.28. The standard InChI is InChI=1S/C31H31ClFN7OS/c1-4-40-29-21(13-24(30(40)41)23-7-5-20(14-25(23)32)28-17-34-18-42-28)16-35-31(37-29)36-22-6-8-27(26(33)15-22)39-11-9-38(10-12-39)19(2)3/h5-8,13-19H,4,9-12H2,1-3H3,(H,35,36,37). The number of aryl methyl sites for hydroxylation is 1. The zero-order chi connectivity index (χ0) is 29.4. The Balaban J connectivity index is 1.26. The predicted octanol–water partition coefficient (Wildman–Crippen LogP) is 6.67. The first-order valence-electron chi connectivity index (χ1n) is 14.0. The highest BCUT2D eigenvalue weighted by Gasteiger charge is 2.21. The molecular formula is C31H31ClFN7OS. The Hall–Kier alpha value is -3.86. The van der Waals surface area contributed by atoms with Crippen molar-refractivity contribution in [1.29, 1.82) is 0 Å². The van der Waals surface area contributed by atoms with Crippen molar-refractivity contribution in [1.82, 2.24) is 24.4 Å². The number of piperazine rings is 1. The fraction of sp³-hybridized carbons (Fsp3) is 0.290. The molecule has 0 radical (unpaired) electrons. The lowest BCUT2D eigenvalue weighted by molar-refractivity contribution is 0.209. The number of hydrogen-bond donors (Lipinski definition) is 1. The van der Waals surface area contributed by atoms with Crippen molar-refractivity contribution in [3.8, 4) is 21.6 Å². The molecule has 2 aromatic carbocycles. The summed E-state index contributed by atoms with van der Waals surface area (Å²) in [7, 11) is 0. The van der Waals surface area contributed by atoms with E-state index in [0.717, 1.165) is 36.6 Å². The number of anilines is 3. The second-order valence-corrected chi connectivity index (χ2v) is 11.8. The largest absolute Gasteiger partial charge is 0.367 e. The van der Waals surface area contributed by atoms with E-state index < -0.39 is 0 Å². The fourth-order valence-electron chi connectivity index (χ4n) is 5.40. The van der Waals surface area contributed by atoms with E-state index in [2.05, 4.69) is 43.9 Å². The monoisotopic (exact) mass is 603 g/mol. The molecule has 0 aliphatic carbocycles. The van der Waals surface area contributed by atoms with Crippen molar-refractivity contribution >= 4 is 51.3 Å². The first kappa shape index (κ1) is 28.3. The van der Waals surface area contributed by atoms with E-state index >= 15 is 4.39 Å². The number of pyridine rings is 1. The maximum absolute atomic E-state index is 15.2. The zero-order valence-corrected chi connectivity index (χ0v) is 25.2. The molecule has 0 atom stereocenters. The van der Waals surface area contributed by atoms with Gasteiger partial charge in [0.25, 0.3) is 5.56 Å². The van der Waals surface area contributed by atoms with E-state index in [9.17, 15) is 4.79 Å². The zero-order valence-electron chi connectivity index (χ0n) is 23.6. The number of nitrogens with zero attached hydrogens (tertiary/aromatic N) is 6. The maximum atomic E-state index is 15.2. The van der Waals surface area contributed by atoms with Gasteiger partial charge in [0.1, 0.15) is 11.5 Å².